The highest BCUT2D eigenvalue weighted by atomic mass is 35.5. The fraction of sp³-hybridized carbons (Fsp3) is 0.471. The summed E-state index contributed by atoms with van der Waals surface area (Å²) in [6, 6.07) is 6.89. The maximum absolute atomic E-state index is 6.23. The Bertz CT molecular complexity index is 629. The Morgan fingerprint density at radius 1 is 1.33 bits per heavy atom. The molecular formula is C17H22ClN3. The van der Waals surface area contributed by atoms with Crippen LogP contribution in [-0.4, -0.2) is 15.8 Å². The minimum Gasteiger partial charge on any atom is -0.310 e. The first-order chi connectivity index (χ1) is 10.2. The average molecular weight is 304 g/mol. The van der Waals surface area contributed by atoms with Crippen molar-refractivity contribution in [2.75, 3.05) is 0 Å². The summed E-state index contributed by atoms with van der Waals surface area (Å²) < 4.78 is 1.90. The third-order valence-electron chi connectivity index (χ3n) is 3.91. The molecule has 0 aliphatic heterocycles. The molecule has 4 heteroatoms. The number of rotatable bonds is 6. The summed E-state index contributed by atoms with van der Waals surface area (Å²) in [4.78, 5) is 0. The van der Waals surface area contributed by atoms with E-state index in [-0.39, 0.29) is 0 Å². The highest BCUT2D eigenvalue weighted by Gasteiger charge is 2.21. The van der Waals surface area contributed by atoms with Gasteiger partial charge in [0.1, 0.15) is 0 Å². The van der Waals surface area contributed by atoms with Crippen LogP contribution >= 0.6 is 11.6 Å². The van der Waals surface area contributed by atoms with Crippen LogP contribution in [0.2, 0.25) is 5.02 Å². The number of aromatic nitrogens is 2. The lowest BCUT2D eigenvalue weighted by Crippen LogP contribution is -2.15. The molecule has 1 heterocycles. The smallest absolute Gasteiger partial charge is 0.0702 e. The van der Waals surface area contributed by atoms with Gasteiger partial charge in [0.25, 0.3) is 0 Å². The molecule has 1 aromatic heterocycles. The van der Waals surface area contributed by atoms with Gasteiger partial charge in [0.05, 0.1) is 5.69 Å². The first-order valence-corrected chi connectivity index (χ1v) is 8.10. The highest BCUT2D eigenvalue weighted by molar-refractivity contribution is 6.30. The lowest BCUT2D eigenvalue weighted by atomic mass is 9.98. The summed E-state index contributed by atoms with van der Waals surface area (Å²) in [5.74, 6) is 0. The van der Waals surface area contributed by atoms with Gasteiger partial charge in [-0.2, -0.15) is 5.10 Å². The molecule has 1 aliphatic rings. The fourth-order valence-corrected chi connectivity index (χ4v) is 2.85. The molecule has 21 heavy (non-hydrogen) atoms. The monoisotopic (exact) mass is 303 g/mol. The molecule has 1 N–H and O–H groups in total. The van der Waals surface area contributed by atoms with Crippen LogP contribution in [0.1, 0.15) is 37.4 Å². The van der Waals surface area contributed by atoms with Crippen LogP contribution in [0.15, 0.2) is 24.4 Å². The predicted octanol–water partition coefficient (Wildman–Crippen LogP) is 3.95. The quantitative estimate of drug-likeness (QED) is 0.876. The third-order valence-corrected chi connectivity index (χ3v) is 4.15. The van der Waals surface area contributed by atoms with Crippen LogP contribution in [-0.2, 0) is 20.0 Å². The van der Waals surface area contributed by atoms with E-state index in [0.29, 0.717) is 6.04 Å². The maximum Gasteiger partial charge on any atom is 0.0702 e. The molecule has 0 amide bonds. The molecule has 2 aromatic rings. The second-order valence-electron chi connectivity index (χ2n) is 5.87. The number of halogens is 1. The molecule has 1 saturated carbocycles. The zero-order valence-electron chi connectivity index (χ0n) is 12.7. The average Bonchev–Trinajstić information content (AvgIpc) is 3.21. The van der Waals surface area contributed by atoms with Crippen LogP contribution in [0.4, 0.5) is 0 Å². The standard InChI is InChI=1S/C17H22ClN3/c1-3-4-17-16(11-21(2)20-17)15-9-13(18)6-5-12(15)10-19-14-7-8-14/h5-6,9,11,14,19H,3-4,7-8,10H2,1-2H3. The molecular weight excluding hydrogens is 282 g/mol. The lowest BCUT2D eigenvalue weighted by molar-refractivity contribution is 0.688. The molecule has 0 radical (unpaired) electrons. The SMILES string of the molecule is CCCc1nn(C)cc1-c1cc(Cl)ccc1CNC1CC1. The van der Waals surface area contributed by atoms with E-state index in [9.17, 15) is 0 Å². The van der Waals surface area contributed by atoms with E-state index < -0.39 is 0 Å². The van der Waals surface area contributed by atoms with E-state index in [1.54, 1.807) is 0 Å². The molecule has 1 fully saturated rings. The second kappa shape index (κ2) is 6.20. The molecule has 0 spiro atoms. The molecule has 3 nitrogen and oxygen atoms in total. The van der Waals surface area contributed by atoms with Gasteiger partial charge in [0.15, 0.2) is 0 Å². The molecule has 0 unspecified atom stereocenters. The van der Waals surface area contributed by atoms with Crippen molar-refractivity contribution >= 4 is 11.6 Å². The van der Waals surface area contributed by atoms with Gasteiger partial charge >= 0.3 is 0 Å². The summed E-state index contributed by atoms with van der Waals surface area (Å²) in [6.07, 6.45) is 6.81. The molecule has 3 rings (SSSR count). The zero-order chi connectivity index (χ0) is 14.8. The van der Waals surface area contributed by atoms with Gasteiger partial charge in [-0.3, -0.25) is 4.68 Å². The van der Waals surface area contributed by atoms with Gasteiger partial charge < -0.3 is 5.32 Å². The van der Waals surface area contributed by atoms with Crippen molar-refractivity contribution in [2.45, 2.75) is 45.2 Å². The molecule has 112 valence electrons. The molecule has 0 atom stereocenters. The highest BCUT2D eigenvalue weighted by Crippen LogP contribution is 2.31. The number of benzene rings is 1. The summed E-state index contributed by atoms with van der Waals surface area (Å²) in [5.41, 5.74) is 4.90. The van der Waals surface area contributed by atoms with Crippen LogP contribution in [0.5, 0.6) is 0 Å². The lowest BCUT2D eigenvalue weighted by Gasteiger charge is -2.11. The molecule has 0 saturated heterocycles. The van der Waals surface area contributed by atoms with Crippen molar-refractivity contribution in [1.82, 2.24) is 15.1 Å². The third kappa shape index (κ3) is 3.47. The zero-order valence-corrected chi connectivity index (χ0v) is 13.5. The minimum atomic E-state index is 0.706. The van der Waals surface area contributed by atoms with Crippen LogP contribution < -0.4 is 5.32 Å². The van der Waals surface area contributed by atoms with Gasteiger partial charge in [-0.25, -0.2) is 0 Å². The van der Waals surface area contributed by atoms with E-state index in [4.69, 9.17) is 11.6 Å². The molecule has 1 aromatic carbocycles. The Morgan fingerprint density at radius 2 is 2.14 bits per heavy atom. The van der Waals surface area contributed by atoms with E-state index in [0.717, 1.165) is 30.1 Å². The molecule has 1 aliphatic carbocycles. The van der Waals surface area contributed by atoms with Crippen molar-refractivity contribution in [2.24, 2.45) is 7.05 Å². The van der Waals surface area contributed by atoms with E-state index in [2.05, 4.69) is 35.7 Å². The first-order valence-electron chi connectivity index (χ1n) is 7.72. The Labute approximate surface area is 131 Å². The number of aryl methyl sites for hydroxylation is 2. The van der Waals surface area contributed by atoms with E-state index in [1.807, 2.05) is 17.8 Å². The number of nitrogens with zero attached hydrogens (tertiary/aromatic N) is 2. The van der Waals surface area contributed by atoms with Crippen molar-refractivity contribution in [3.05, 3.63) is 40.7 Å². The first kappa shape index (κ1) is 14.6. The van der Waals surface area contributed by atoms with Crippen LogP contribution in [0.25, 0.3) is 11.1 Å². The minimum absolute atomic E-state index is 0.706. The van der Waals surface area contributed by atoms with Crippen molar-refractivity contribution in [3.8, 4) is 11.1 Å². The van der Waals surface area contributed by atoms with E-state index >= 15 is 0 Å². The molecule has 0 bridgehead atoms. The fourth-order valence-electron chi connectivity index (χ4n) is 2.68. The Balaban J connectivity index is 1.96. The van der Waals surface area contributed by atoms with Crippen molar-refractivity contribution < 1.29 is 0 Å². The van der Waals surface area contributed by atoms with Crippen molar-refractivity contribution in [1.29, 1.82) is 0 Å². The topological polar surface area (TPSA) is 29.9 Å². The largest absolute Gasteiger partial charge is 0.310 e. The van der Waals surface area contributed by atoms with Gasteiger partial charge in [-0.05, 0) is 42.5 Å². The number of nitrogens with one attached hydrogen (secondary N) is 1. The Morgan fingerprint density at radius 3 is 2.86 bits per heavy atom. The van der Waals surface area contributed by atoms with Gasteiger partial charge in [-0.1, -0.05) is 31.0 Å². The Hall–Kier alpha value is -1.32. The van der Waals surface area contributed by atoms with Gasteiger partial charge in [0, 0.05) is 36.4 Å². The maximum atomic E-state index is 6.23. The summed E-state index contributed by atoms with van der Waals surface area (Å²) >= 11 is 6.23. The Kier molecular flexibility index (Phi) is 4.32. The summed E-state index contributed by atoms with van der Waals surface area (Å²) in [5, 5.41) is 8.98. The second-order valence-corrected chi connectivity index (χ2v) is 6.31. The normalized spacial score (nSPS) is 14.6. The van der Waals surface area contributed by atoms with Gasteiger partial charge in [0.2, 0.25) is 0 Å². The number of hydrogen-bond donors (Lipinski definition) is 1. The van der Waals surface area contributed by atoms with E-state index in [1.165, 1.54) is 29.5 Å². The number of hydrogen-bond acceptors (Lipinski definition) is 2. The summed E-state index contributed by atoms with van der Waals surface area (Å²) in [7, 11) is 1.98. The predicted molar refractivity (Wildman–Crippen MR) is 87.5 cm³/mol. The van der Waals surface area contributed by atoms with Crippen LogP contribution in [0, 0.1) is 0 Å². The summed E-state index contributed by atoms with van der Waals surface area (Å²) in [6.45, 7) is 3.09. The van der Waals surface area contributed by atoms with Crippen molar-refractivity contribution in [3.63, 3.8) is 0 Å². The van der Waals surface area contributed by atoms with Crippen LogP contribution in [0.3, 0.4) is 0 Å². The van der Waals surface area contributed by atoms with Gasteiger partial charge in [-0.15, -0.1) is 0 Å².